The zero-order valence-electron chi connectivity index (χ0n) is 12.9. The highest BCUT2D eigenvalue weighted by Crippen LogP contribution is 2.28. The van der Waals surface area contributed by atoms with Crippen molar-refractivity contribution < 1.29 is 24.2 Å². The van der Waals surface area contributed by atoms with E-state index in [0.29, 0.717) is 30.0 Å². The van der Waals surface area contributed by atoms with Crippen LogP contribution in [0.15, 0.2) is 18.2 Å². The minimum absolute atomic E-state index is 0.0491. The lowest BCUT2D eigenvalue weighted by Crippen LogP contribution is -2.41. The van der Waals surface area contributed by atoms with Gasteiger partial charge in [-0.05, 0) is 37.6 Å². The molecule has 6 heteroatoms. The number of nitrogens with zero attached hydrogens (tertiary/aromatic N) is 1. The van der Waals surface area contributed by atoms with Crippen molar-refractivity contribution in [3.8, 4) is 11.5 Å². The smallest absolute Gasteiger partial charge is 0.307 e. The van der Waals surface area contributed by atoms with Gasteiger partial charge in [-0.1, -0.05) is 0 Å². The molecule has 120 valence electrons. The molecule has 1 fully saturated rings. The second-order valence-electron chi connectivity index (χ2n) is 5.41. The number of ketones is 1. The molecular formula is C16H21NO5. The summed E-state index contributed by atoms with van der Waals surface area (Å²) in [5.41, 5.74) is 0.537. The van der Waals surface area contributed by atoms with Gasteiger partial charge in [-0.15, -0.1) is 0 Å². The van der Waals surface area contributed by atoms with Gasteiger partial charge in [-0.3, -0.25) is 14.5 Å². The molecule has 1 saturated heterocycles. The van der Waals surface area contributed by atoms with Gasteiger partial charge in [-0.2, -0.15) is 0 Å². The summed E-state index contributed by atoms with van der Waals surface area (Å²) in [4.78, 5) is 25.3. The van der Waals surface area contributed by atoms with Crippen LogP contribution in [-0.2, 0) is 4.79 Å². The summed E-state index contributed by atoms with van der Waals surface area (Å²) in [5, 5.41) is 9.09. The molecule has 1 atom stereocenters. The first kappa shape index (κ1) is 16.3. The van der Waals surface area contributed by atoms with Crippen molar-refractivity contribution in [2.75, 3.05) is 33.9 Å². The van der Waals surface area contributed by atoms with Crippen molar-refractivity contribution in [2.45, 2.75) is 12.8 Å². The van der Waals surface area contributed by atoms with Gasteiger partial charge < -0.3 is 14.6 Å². The van der Waals surface area contributed by atoms with Gasteiger partial charge in [0.05, 0.1) is 26.7 Å². The molecule has 1 heterocycles. The van der Waals surface area contributed by atoms with E-state index in [4.69, 9.17) is 14.6 Å². The molecule has 1 aliphatic heterocycles. The Morgan fingerprint density at radius 3 is 2.64 bits per heavy atom. The fourth-order valence-electron chi connectivity index (χ4n) is 2.70. The lowest BCUT2D eigenvalue weighted by molar-refractivity contribution is -0.143. The maximum atomic E-state index is 12.4. The van der Waals surface area contributed by atoms with Crippen LogP contribution < -0.4 is 9.47 Å². The van der Waals surface area contributed by atoms with Crippen LogP contribution in [0.3, 0.4) is 0 Å². The molecule has 22 heavy (non-hydrogen) atoms. The number of methoxy groups -OCH3 is 2. The number of hydrogen-bond donors (Lipinski definition) is 1. The molecule has 0 saturated carbocycles. The predicted octanol–water partition coefficient (Wildman–Crippen LogP) is 1.68. The number of ether oxygens (including phenoxy) is 2. The largest absolute Gasteiger partial charge is 0.493 e. The molecule has 0 radical (unpaired) electrons. The molecule has 1 N–H and O–H groups in total. The van der Waals surface area contributed by atoms with Gasteiger partial charge in [0.25, 0.3) is 0 Å². The summed E-state index contributed by atoms with van der Waals surface area (Å²) in [6.07, 6.45) is 1.48. The molecule has 2 rings (SSSR count). The maximum Gasteiger partial charge on any atom is 0.307 e. The number of hydrogen-bond acceptors (Lipinski definition) is 5. The number of likely N-dealkylation sites (tertiary alicyclic amines) is 1. The Hall–Kier alpha value is -2.08. The van der Waals surface area contributed by atoms with Gasteiger partial charge in [0, 0.05) is 12.1 Å². The van der Waals surface area contributed by atoms with E-state index >= 15 is 0 Å². The third-order valence-corrected chi connectivity index (χ3v) is 3.93. The highest BCUT2D eigenvalue weighted by Gasteiger charge is 2.26. The van der Waals surface area contributed by atoms with Crippen molar-refractivity contribution in [3.05, 3.63) is 23.8 Å². The molecule has 0 amide bonds. The summed E-state index contributed by atoms with van der Waals surface area (Å²) in [7, 11) is 3.06. The second-order valence-corrected chi connectivity index (χ2v) is 5.41. The minimum atomic E-state index is -0.789. The van der Waals surface area contributed by atoms with Crippen LogP contribution in [-0.4, -0.2) is 55.6 Å². The van der Waals surface area contributed by atoms with E-state index < -0.39 is 5.97 Å². The summed E-state index contributed by atoms with van der Waals surface area (Å²) < 4.78 is 10.3. The van der Waals surface area contributed by atoms with Crippen LogP contribution in [0.2, 0.25) is 0 Å². The normalized spacial score (nSPS) is 18.7. The van der Waals surface area contributed by atoms with Crippen LogP contribution in [0.5, 0.6) is 11.5 Å². The highest BCUT2D eigenvalue weighted by molar-refractivity contribution is 5.98. The van der Waals surface area contributed by atoms with E-state index in [1.165, 1.54) is 7.11 Å². The molecule has 6 nitrogen and oxygen atoms in total. The molecular weight excluding hydrogens is 286 g/mol. The number of aliphatic carboxylic acids is 1. The fourth-order valence-corrected chi connectivity index (χ4v) is 2.70. The van der Waals surface area contributed by atoms with Crippen LogP contribution in [0.25, 0.3) is 0 Å². The predicted molar refractivity (Wildman–Crippen MR) is 80.7 cm³/mol. The average Bonchev–Trinajstić information content (AvgIpc) is 2.54. The van der Waals surface area contributed by atoms with Crippen LogP contribution in [0.4, 0.5) is 0 Å². The molecule has 0 spiro atoms. The van der Waals surface area contributed by atoms with E-state index in [0.717, 1.165) is 13.0 Å². The summed E-state index contributed by atoms with van der Waals surface area (Å²) in [6, 6.07) is 5.05. The lowest BCUT2D eigenvalue weighted by atomic mass is 9.97. The summed E-state index contributed by atoms with van der Waals surface area (Å²) in [5.74, 6) is -0.138. The maximum absolute atomic E-state index is 12.4. The first-order chi connectivity index (χ1) is 10.5. The Bertz CT molecular complexity index is 557. The molecule has 1 aromatic rings. The summed E-state index contributed by atoms with van der Waals surface area (Å²) >= 11 is 0. The van der Waals surface area contributed by atoms with Gasteiger partial charge in [0.2, 0.25) is 0 Å². The van der Waals surface area contributed by atoms with E-state index in [2.05, 4.69) is 0 Å². The molecule has 1 unspecified atom stereocenters. The third kappa shape index (κ3) is 3.76. The Kier molecular flexibility index (Phi) is 5.38. The Morgan fingerprint density at radius 1 is 1.27 bits per heavy atom. The zero-order valence-corrected chi connectivity index (χ0v) is 12.9. The third-order valence-electron chi connectivity index (χ3n) is 3.93. The van der Waals surface area contributed by atoms with Crippen molar-refractivity contribution in [2.24, 2.45) is 5.92 Å². The first-order valence-electron chi connectivity index (χ1n) is 7.25. The molecule has 0 aliphatic carbocycles. The molecule has 0 bridgehead atoms. The second kappa shape index (κ2) is 7.26. The first-order valence-corrected chi connectivity index (χ1v) is 7.25. The van der Waals surface area contributed by atoms with Gasteiger partial charge in [-0.25, -0.2) is 0 Å². The average molecular weight is 307 g/mol. The van der Waals surface area contributed by atoms with Crippen molar-refractivity contribution in [1.29, 1.82) is 0 Å². The van der Waals surface area contributed by atoms with Gasteiger partial charge in [0.1, 0.15) is 0 Å². The van der Waals surface area contributed by atoms with E-state index in [-0.39, 0.29) is 18.2 Å². The molecule has 0 aromatic heterocycles. The SMILES string of the molecule is COc1ccc(C(=O)CN2CCCC(C(=O)O)C2)cc1OC. The molecule has 1 aromatic carbocycles. The molecule has 1 aliphatic rings. The zero-order chi connectivity index (χ0) is 16.1. The number of rotatable bonds is 6. The topological polar surface area (TPSA) is 76.1 Å². The van der Waals surface area contributed by atoms with Crippen LogP contribution in [0, 0.1) is 5.92 Å². The van der Waals surface area contributed by atoms with Crippen molar-refractivity contribution >= 4 is 11.8 Å². The van der Waals surface area contributed by atoms with E-state index in [1.807, 2.05) is 4.90 Å². The quantitative estimate of drug-likeness (QED) is 0.806. The standard InChI is InChI=1S/C16H21NO5/c1-21-14-6-5-11(8-15(14)22-2)13(18)10-17-7-3-4-12(9-17)16(19)20/h5-6,8,12H,3-4,7,9-10H2,1-2H3,(H,19,20). The van der Waals surface area contributed by atoms with Crippen molar-refractivity contribution in [3.63, 3.8) is 0 Å². The number of piperidine rings is 1. The minimum Gasteiger partial charge on any atom is -0.493 e. The van der Waals surface area contributed by atoms with Gasteiger partial charge >= 0.3 is 5.97 Å². The summed E-state index contributed by atoms with van der Waals surface area (Å²) in [6.45, 7) is 1.40. The Labute approximate surface area is 129 Å². The Balaban J connectivity index is 2.04. The monoisotopic (exact) mass is 307 g/mol. The fraction of sp³-hybridized carbons (Fsp3) is 0.500. The van der Waals surface area contributed by atoms with E-state index in [9.17, 15) is 9.59 Å². The van der Waals surface area contributed by atoms with Gasteiger partial charge in [0.15, 0.2) is 17.3 Å². The van der Waals surface area contributed by atoms with E-state index in [1.54, 1.807) is 25.3 Å². The van der Waals surface area contributed by atoms with Crippen LogP contribution >= 0.6 is 0 Å². The number of carbonyl (C=O) groups is 2. The number of carboxylic acids is 1. The number of carboxylic acid groups (broad SMARTS) is 1. The highest BCUT2D eigenvalue weighted by atomic mass is 16.5. The Morgan fingerprint density at radius 2 is 2.00 bits per heavy atom. The van der Waals surface area contributed by atoms with Crippen molar-refractivity contribution in [1.82, 2.24) is 4.90 Å². The number of benzene rings is 1. The number of carbonyl (C=O) groups excluding carboxylic acids is 1. The lowest BCUT2D eigenvalue weighted by Gasteiger charge is -2.29. The van der Waals surface area contributed by atoms with Crippen LogP contribution in [0.1, 0.15) is 23.2 Å². The number of Topliss-reactive ketones (excluding diaryl/α,β-unsaturated/α-hetero) is 1.